The zero-order valence-electron chi connectivity index (χ0n) is 9.01. The number of aryl methyl sites for hydroxylation is 1. The number of hydrogen-bond donors (Lipinski definition) is 0. The summed E-state index contributed by atoms with van der Waals surface area (Å²) in [6.07, 6.45) is 2.62. The third kappa shape index (κ3) is 1.95. The molecule has 1 heterocycles. The van der Waals surface area contributed by atoms with Crippen LogP contribution in [0.25, 0.3) is 0 Å². The van der Waals surface area contributed by atoms with Crippen molar-refractivity contribution in [3.8, 4) is 23.8 Å². The largest absolute Gasteiger partial charge is 0.438 e. The van der Waals surface area contributed by atoms with Crippen molar-refractivity contribution in [1.29, 1.82) is 10.5 Å². The van der Waals surface area contributed by atoms with Gasteiger partial charge in [-0.3, -0.25) is 0 Å². The van der Waals surface area contributed by atoms with Crippen LogP contribution in [0.15, 0.2) is 24.3 Å². The summed E-state index contributed by atoms with van der Waals surface area (Å²) in [5, 5.41) is 21.7. The van der Waals surface area contributed by atoms with Crippen molar-refractivity contribution < 1.29 is 4.74 Å². The van der Waals surface area contributed by atoms with Gasteiger partial charge in [-0.25, -0.2) is 4.68 Å². The van der Waals surface area contributed by atoms with Gasteiger partial charge in [0.1, 0.15) is 29.6 Å². The van der Waals surface area contributed by atoms with Gasteiger partial charge in [0.15, 0.2) is 0 Å². The normalized spacial score (nSPS) is 9.35. The van der Waals surface area contributed by atoms with Gasteiger partial charge in [-0.2, -0.15) is 15.6 Å². The predicted octanol–water partition coefficient (Wildman–Crippen LogP) is 1.76. The second-order valence-electron chi connectivity index (χ2n) is 3.24. The summed E-state index contributed by atoms with van der Waals surface area (Å²) >= 11 is 0. The number of aromatic nitrogens is 2. The Morgan fingerprint density at radius 3 is 2.76 bits per heavy atom. The van der Waals surface area contributed by atoms with Crippen LogP contribution >= 0.6 is 0 Å². The minimum Gasteiger partial charge on any atom is -0.438 e. The van der Waals surface area contributed by atoms with Gasteiger partial charge in [0.05, 0.1) is 5.56 Å². The van der Waals surface area contributed by atoms with Crippen molar-refractivity contribution >= 4 is 0 Å². The molecular formula is C12H7N4O. The minimum atomic E-state index is 0.219. The third-order valence-corrected chi connectivity index (χ3v) is 2.19. The Kier molecular flexibility index (Phi) is 2.76. The Balaban J connectivity index is 2.45. The van der Waals surface area contributed by atoms with Crippen LogP contribution in [0.5, 0.6) is 11.6 Å². The molecule has 0 atom stereocenters. The van der Waals surface area contributed by atoms with E-state index in [1.807, 2.05) is 12.1 Å². The summed E-state index contributed by atoms with van der Waals surface area (Å²) in [6, 6.07) is 10.3. The van der Waals surface area contributed by atoms with Gasteiger partial charge in [0.2, 0.25) is 5.88 Å². The van der Waals surface area contributed by atoms with Gasteiger partial charge in [0.25, 0.3) is 0 Å². The van der Waals surface area contributed by atoms with E-state index in [-0.39, 0.29) is 11.1 Å². The molecular weight excluding hydrogens is 216 g/mol. The van der Waals surface area contributed by atoms with Crippen LogP contribution in [0.2, 0.25) is 0 Å². The molecule has 2 rings (SSSR count). The standard InChI is InChI=1S/C12H7N4O/c1-16-12(5-6-15-16)17-11-4-2-3-9(7-13)10(11)8-14/h2-5H,1H3. The van der Waals surface area contributed by atoms with Gasteiger partial charge in [-0.1, -0.05) is 6.07 Å². The zero-order chi connectivity index (χ0) is 12.3. The number of ether oxygens (including phenoxy) is 1. The molecule has 0 bridgehead atoms. The molecule has 0 spiro atoms. The Morgan fingerprint density at radius 1 is 1.35 bits per heavy atom. The van der Waals surface area contributed by atoms with E-state index in [0.29, 0.717) is 11.6 Å². The summed E-state index contributed by atoms with van der Waals surface area (Å²) in [7, 11) is 1.70. The fourth-order valence-electron chi connectivity index (χ4n) is 1.35. The van der Waals surface area contributed by atoms with Gasteiger partial charge in [-0.05, 0) is 12.1 Å². The van der Waals surface area contributed by atoms with Gasteiger partial charge in [0, 0.05) is 13.1 Å². The SMILES string of the molecule is Cn1n[c]cc1Oc1cccc(C#N)c1C#N. The van der Waals surface area contributed by atoms with E-state index in [2.05, 4.69) is 11.3 Å². The van der Waals surface area contributed by atoms with E-state index in [1.165, 1.54) is 4.68 Å². The van der Waals surface area contributed by atoms with Crippen molar-refractivity contribution in [2.75, 3.05) is 0 Å². The summed E-state index contributed by atoms with van der Waals surface area (Å²) in [5.41, 5.74) is 0.507. The molecule has 0 aliphatic heterocycles. The zero-order valence-corrected chi connectivity index (χ0v) is 9.01. The molecule has 0 N–H and O–H groups in total. The molecule has 1 radical (unpaired) electrons. The highest BCUT2D eigenvalue weighted by atomic mass is 16.5. The maximum Gasteiger partial charge on any atom is 0.218 e. The maximum atomic E-state index is 9.02. The van der Waals surface area contributed by atoms with Crippen molar-refractivity contribution in [3.63, 3.8) is 0 Å². The lowest BCUT2D eigenvalue weighted by Crippen LogP contribution is -1.97. The van der Waals surface area contributed by atoms with Crippen molar-refractivity contribution in [2.45, 2.75) is 0 Å². The summed E-state index contributed by atoms with van der Waals surface area (Å²) < 4.78 is 7.00. The number of benzene rings is 1. The molecule has 0 saturated heterocycles. The van der Waals surface area contributed by atoms with Crippen LogP contribution in [0.4, 0.5) is 0 Å². The van der Waals surface area contributed by atoms with E-state index < -0.39 is 0 Å². The fourth-order valence-corrected chi connectivity index (χ4v) is 1.35. The summed E-state index contributed by atoms with van der Waals surface area (Å²) in [4.78, 5) is 0. The maximum absolute atomic E-state index is 9.02. The quantitative estimate of drug-likeness (QED) is 0.777. The molecule has 0 aliphatic carbocycles. The molecule has 1 aromatic heterocycles. The molecule has 0 unspecified atom stereocenters. The average molecular weight is 223 g/mol. The first kappa shape index (κ1) is 10.7. The van der Waals surface area contributed by atoms with Crippen molar-refractivity contribution in [1.82, 2.24) is 9.78 Å². The van der Waals surface area contributed by atoms with Crippen LogP contribution < -0.4 is 4.74 Å². The van der Waals surface area contributed by atoms with E-state index in [9.17, 15) is 0 Å². The first-order valence-electron chi connectivity index (χ1n) is 4.77. The van der Waals surface area contributed by atoms with E-state index in [4.69, 9.17) is 15.3 Å². The number of nitrogens with zero attached hydrogens (tertiary/aromatic N) is 4. The molecule has 0 fully saturated rings. The van der Waals surface area contributed by atoms with Gasteiger partial charge >= 0.3 is 0 Å². The predicted molar refractivity (Wildman–Crippen MR) is 58.0 cm³/mol. The summed E-state index contributed by atoms with van der Waals surface area (Å²) in [5.74, 6) is 0.792. The highest BCUT2D eigenvalue weighted by Crippen LogP contribution is 2.26. The Morgan fingerprint density at radius 2 is 2.18 bits per heavy atom. The van der Waals surface area contributed by atoms with Gasteiger partial charge < -0.3 is 4.74 Å². The Hall–Kier alpha value is -2.79. The Bertz CT molecular complexity index is 631. The molecule has 0 amide bonds. The third-order valence-electron chi connectivity index (χ3n) is 2.19. The first-order chi connectivity index (χ1) is 8.26. The topological polar surface area (TPSA) is 74.6 Å². The summed E-state index contributed by atoms with van der Waals surface area (Å²) in [6.45, 7) is 0. The molecule has 1 aromatic carbocycles. The number of hydrogen-bond acceptors (Lipinski definition) is 4. The van der Waals surface area contributed by atoms with Crippen LogP contribution in [-0.4, -0.2) is 9.78 Å². The smallest absolute Gasteiger partial charge is 0.218 e. The van der Waals surface area contributed by atoms with Crippen LogP contribution in [0.3, 0.4) is 0 Å². The molecule has 17 heavy (non-hydrogen) atoms. The molecule has 2 aromatic rings. The van der Waals surface area contributed by atoms with Crippen LogP contribution in [0, 0.1) is 28.9 Å². The molecule has 5 nitrogen and oxygen atoms in total. The fraction of sp³-hybridized carbons (Fsp3) is 0.0833. The number of rotatable bonds is 2. The lowest BCUT2D eigenvalue weighted by molar-refractivity contribution is 0.429. The highest BCUT2D eigenvalue weighted by molar-refractivity contribution is 5.54. The lowest BCUT2D eigenvalue weighted by atomic mass is 10.1. The minimum absolute atomic E-state index is 0.219. The number of nitriles is 2. The first-order valence-corrected chi connectivity index (χ1v) is 4.77. The van der Waals surface area contributed by atoms with E-state index in [0.717, 1.165) is 0 Å². The van der Waals surface area contributed by atoms with Gasteiger partial charge in [-0.15, -0.1) is 0 Å². The molecule has 0 saturated carbocycles. The second kappa shape index (κ2) is 4.38. The average Bonchev–Trinajstić information content (AvgIpc) is 2.74. The second-order valence-corrected chi connectivity index (χ2v) is 3.24. The molecule has 5 heteroatoms. The van der Waals surface area contributed by atoms with E-state index in [1.54, 1.807) is 31.3 Å². The molecule has 0 aliphatic rings. The van der Waals surface area contributed by atoms with Crippen LogP contribution in [0.1, 0.15) is 11.1 Å². The Labute approximate surface area is 98.1 Å². The van der Waals surface area contributed by atoms with Crippen LogP contribution in [-0.2, 0) is 7.05 Å². The monoisotopic (exact) mass is 223 g/mol. The van der Waals surface area contributed by atoms with Crippen molar-refractivity contribution in [3.05, 3.63) is 41.6 Å². The highest BCUT2D eigenvalue weighted by Gasteiger charge is 2.11. The molecule has 81 valence electrons. The van der Waals surface area contributed by atoms with Crippen molar-refractivity contribution in [2.24, 2.45) is 7.05 Å². The lowest BCUT2D eigenvalue weighted by Gasteiger charge is -2.07. The van der Waals surface area contributed by atoms with E-state index >= 15 is 0 Å².